The van der Waals surface area contributed by atoms with Crippen molar-refractivity contribution in [3.8, 4) is 5.75 Å². The first-order chi connectivity index (χ1) is 19.4. The van der Waals surface area contributed by atoms with E-state index in [0.717, 1.165) is 69.8 Å². The highest BCUT2D eigenvalue weighted by molar-refractivity contribution is 6.08. The maximum atomic E-state index is 14.7. The fraction of sp³-hybridized carbons (Fsp3) is 0.625. The van der Waals surface area contributed by atoms with E-state index in [2.05, 4.69) is 0 Å². The number of carbonyl (C=O) groups excluding carboxylic acids is 4. The molecule has 40 heavy (non-hydrogen) atoms. The van der Waals surface area contributed by atoms with Crippen LogP contribution >= 0.6 is 0 Å². The van der Waals surface area contributed by atoms with Gasteiger partial charge in [-0.2, -0.15) is 0 Å². The number of fused-ring (bicyclic) bond motifs is 4. The summed E-state index contributed by atoms with van der Waals surface area (Å²) >= 11 is 0. The van der Waals surface area contributed by atoms with E-state index in [9.17, 15) is 28.7 Å². The summed E-state index contributed by atoms with van der Waals surface area (Å²) < 4.78 is 14.7. The normalized spacial score (nSPS) is 35.1. The second kappa shape index (κ2) is 9.81. The number of aromatic hydroxyl groups is 1. The average Bonchev–Trinajstić information content (AvgIpc) is 3.38. The van der Waals surface area contributed by atoms with Crippen molar-refractivity contribution in [2.45, 2.75) is 95.1 Å². The summed E-state index contributed by atoms with van der Waals surface area (Å²) in [5, 5.41) is 9.90. The van der Waals surface area contributed by atoms with E-state index in [1.165, 1.54) is 17.0 Å². The van der Waals surface area contributed by atoms with Crippen molar-refractivity contribution in [3.63, 3.8) is 0 Å². The molecule has 0 spiro atoms. The maximum Gasteiger partial charge on any atom is 0.234 e. The summed E-state index contributed by atoms with van der Waals surface area (Å²) in [6.45, 7) is 0. The number of amides is 4. The van der Waals surface area contributed by atoms with Crippen molar-refractivity contribution in [2.75, 3.05) is 0 Å². The van der Waals surface area contributed by atoms with E-state index < -0.39 is 41.2 Å². The molecule has 0 bridgehead atoms. The van der Waals surface area contributed by atoms with Crippen LogP contribution < -0.4 is 0 Å². The SMILES string of the molecule is O=C1C2CC=C3C(CC4C(=O)N(C5CCCCC5)C(=O)C4C3c3ccc(O)c(F)c3)C2C(=O)N1C1CCCCC1. The van der Waals surface area contributed by atoms with Crippen molar-refractivity contribution in [1.29, 1.82) is 0 Å². The average molecular weight is 549 g/mol. The first-order valence-electron chi connectivity index (χ1n) is 15.3. The molecule has 1 aromatic rings. The van der Waals surface area contributed by atoms with Gasteiger partial charge in [0.2, 0.25) is 23.6 Å². The molecule has 2 heterocycles. The van der Waals surface area contributed by atoms with Gasteiger partial charge >= 0.3 is 0 Å². The largest absolute Gasteiger partial charge is 0.505 e. The van der Waals surface area contributed by atoms with Gasteiger partial charge in [0.15, 0.2) is 11.6 Å². The summed E-state index contributed by atoms with van der Waals surface area (Å²) in [6.07, 6.45) is 12.3. The zero-order valence-corrected chi connectivity index (χ0v) is 22.8. The van der Waals surface area contributed by atoms with Crippen LogP contribution in [0.1, 0.15) is 88.5 Å². The van der Waals surface area contributed by atoms with Crippen LogP contribution in [-0.2, 0) is 19.2 Å². The van der Waals surface area contributed by atoms with Gasteiger partial charge in [-0.3, -0.25) is 29.0 Å². The van der Waals surface area contributed by atoms with Crippen LogP contribution in [0.2, 0.25) is 0 Å². The number of imide groups is 2. The number of benzene rings is 1. The van der Waals surface area contributed by atoms with E-state index >= 15 is 0 Å². The molecule has 5 fully saturated rings. The Morgan fingerprint density at radius 1 is 0.700 bits per heavy atom. The third-order valence-corrected chi connectivity index (χ3v) is 10.9. The van der Waals surface area contributed by atoms with Gasteiger partial charge in [-0.1, -0.05) is 56.2 Å². The Labute approximate surface area is 233 Å². The minimum Gasteiger partial charge on any atom is -0.505 e. The molecule has 8 heteroatoms. The number of phenols is 1. The van der Waals surface area contributed by atoms with Gasteiger partial charge in [0.05, 0.1) is 23.7 Å². The van der Waals surface area contributed by atoms with E-state index in [4.69, 9.17) is 0 Å². The highest BCUT2D eigenvalue weighted by Gasteiger charge is 2.63. The minimum atomic E-state index is -0.776. The Morgan fingerprint density at radius 3 is 1.88 bits per heavy atom. The van der Waals surface area contributed by atoms with Crippen molar-refractivity contribution in [1.82, 2.24) is 9.80 Å². The van der Waals surface area contributed by atoms with Gasteiger partial charge in [0, 0.05) is 18.0 Å². The highest BCUT2D eigenvalue weighted by Crippen LogP contribution is 2.58. The number of phenolic OH excluding ortho intramolecular Hbond substituents is 1. The number of halogens is 1. The molecule has 6 aliphatic rings. The number of rotatable bonds is 3. The molecule has 1 aromatic carbocycles. The van der Waals surface area contributed by atoms with Crippen molar-refractivity contribution >= 4 is 23.6 Å². The topological polar surface area (TPSA) is 95.0 Å². The Bertz CT molecular complexity index is 1300. The first-order valence-corrected chi connectivity index (χ1v) is 15.3. The number of likely N-dealkylation sites (tertiary alicyclic amines) is 2. The van der Waals surface area contributed by atoms with Crippen molar-refractivity contribution < 1.29 is 28.7 Å². The summed E-state index contributed by atoms with van der Waals surface area (Å²) in [6, 6.07) is 4.02. The standard InChI is InChI=1S/C32H37FN2O5/c33-24-15-17(11-14-25(24)36)26-20-12-13-21-27(31(39)34(29(21)37)18-7-3-1-4-8-18)22(20)16-23-28(26)32(40)35(30(23)38)19-9-5-2-6-10-19/h11-12,14-15,18-19,21-23,26-28,36H,1-10,13,16H2. The lowest BCUT2D eigenvalue weighted by atomic mass is 9.57. The van der Waals surface area contributed by atoms with Gasteiger partial charge in [0.25, 0.3) is 0 Å². The Morgan fingerprint density at radius 2 is 1.27 bits per heavy atom. The predicted molar refractivity (Wildman–Crippen MR) is 143 cm³/mol. The zero-order valence-electron chi connectivity index (χ0n) is 22.8. The summed E-state index contributed by atoms with van der Waals surface area (Å²) in [5.74, 6) is -5.03. The highest BCUT2D eigenvalue weighted by atomic mass is 19.1. The molecule has 2 saturated heterocycles. The fourth-order valence-corrected chi connectivity index (χ4v) is 9.13. The first kappa shape index (κ1) is 25.9. The molecule has 0 radical (unpaired) electrons. The number of allylic oxidation sites excluding steroid dienone is 2. The van der Waals surface area contributed by atoms with Gasteiger partial charge < -0.3 is 5.11 Å². The van der Waals surface area contributed by atoms with E-state index in [-0.39, 0.29) is 41.6 Å². The quantitative estimate of drug-likeness (QED) is 0.431. The lowest BCUT2D eigenvalue weighted by Gasteiger charge is -2.44. The van der Waals surface area contributed by atoms with Gasteiger partial charge in [-0.15, -0.1) is 0 Å². The van der Waals surface area contributed by atoms with E-state index in [1.807, 2.05) is 6.08 Å². The Kier molecular flexibility index (Phi) is 6.35. The Hall–Kier alpha value is -3.03. The Balaban J connectivity index is 1.29. The zero-order chi connectivity index (χ0) is 27.7. The number of hydrogen-bond donors (Lipinski definition) is 1. The second-order valence-corrected chi connectivity index (χ2v) is 12.9. The minimum absolute atomic E-state index is 0.0578. The predicted octanol–water partition coefficient (Wildman–Crippen LogP) is 4.83. The molecule has 212 valence electrons. The van der Waals surface area contributed by atoms with E-state index in [1.54, 1.807) is 11.0 Å². The number of hydrogen-bond acceptors (Lipinski definition) is 5. The molecule has 4 amide bonds. The third-order valence-electron chi connectivity index (χ3n) is 10.9. The molecule has 4 aliphatic carbocycles. The molecule has 6 unspecified atom stereocenters. The van der Waals surface area contributed by atoms with E-state index in [0.29, 0.717) is 18.4 Å². The smallest absolute Gasteiger partial charge is 0.234 e. The number of nitrogens with zero attached hydrogens (tertiary/aromatic N) is 2. The lowest BCUT2D eigenvalue weighted by Crippen LogP contribution is -2.44. The molecule has 2 aliphatic heterocycles. The van der Waals surface area contributed by atoms with Crippen LogP contribution in [0.15, 0.2) is 29.8 Å². The molecule has 7 rings (SSSR count). The molecule has 0 aromatic heterocycles. The van der Waals surface area contributed by atoms with Crippen molar-refractivity contribution in [2.24, 2.45) is 29.6 Å². The van der Waals surface area contributed by atoms with Crippen LogP contribution in [0.3, 0.4) is 0 Å². The number of carbonyl (C=O) groups is 4. The molecule has 3 saturated carbocycles. The monoisotopic (exact) mass is 548 g/mol. The lowest BCUT2D eigenvalue weighted by molar-refractivity contribution is -0.145. The maximum absolute atomic E-state index is 14.7. The summed E-state index contributed by atoms with van der Waals surface area (Å²) in [4.78, 5) is 58.7. The molecular formula is C32H37FN2O5. The van der Waals surface area contributed by atoms with Gasteiger partial charge in [-0.25, -0.2) is 4.39 Å². The molecule has 7 nitrogen and oxygen atoms in total. The summed E-state index contributed by atoms with van der Waals surface area (Å²) in [5.41, 5.74) is 1.41. The fourth-order valence-electron chi connectivity index (χ4n) is 9.13. The van der Waals surface area contributed by atoms with Gasteiger partial charge in [-0.05, 0) is 62.1 Å². The third kappa shape index (κ3) is 3.81. The van der Waals surface area contributed by atoms with Crippen LogP contribution in [0.25, 0.3) is 0 Å². The second-order valence-electron chi connectivity index (χ2n) is 12.9. The van der Waals surface area contributed by atoms with Gasteiger partial charge in [0.1, 0.15) is 0 Å². The molecule has 6 atom stereocenters. The van der Waals surface area contributed by atoms with Crippen LogP contribution in [0.5, 0.6) is 5.75 Å². The van der Waals surface area contributed by atoms with Crippen molar-refractivity contribution in [3.05, 3.63) is 41.2 Å². The van der Waals surface area contributed by atoms with Crippen LogP contribution in [0.4, 0.5) is 4.39 Å². The van der Waals surface area contributed by atoms with Crippen LogP contribution in [0, 0.1) is 35.4 Å². The summed E-state index contributed by atoms with van der Waals surface area (Å²) in [7, 11) is 0. The van der Waals surface area contributed by atoms with Crippen LogP contribution in [-0.4, -0.2) is 50.6 Å². The molecular weight excluding hydrogens is 511 g/mol. The molecule has 1 N–H and O–H groups in total.